The Balaban J connectivity index is 2.03. The van der Waals surface area contributed by atoms with E-state index in [4.69, 9.17) is 0 Å². The van der Waals surface area contributed by atoms with Crippen LogP contribution in [0, 0.1) is 18.8 Å². The van der Waals surface area contributed by atoms with Crippen LogP contribution in [-0.2, 0) is 19.7 Å². The molecule has 0 aromatic heterocycles. The number of sulfonamides is 1. The molecule has 0 bridgehead atoms. The number of aryl methyl sites for hydroxylation is 1. The van der Waals surface area contributed by atoms with E-state index in [2.05, 4.69) is 21.8 Å². The maximum absolute atomic E-state index is 12.5. The van der Waals surface area contributed by atoms with E-state index < -0.39 is 16.0 Å². The molecule has 6 nitrogen and oxygen atoms in total. The average Bonchev–Trinajstić information content (AvgIpc) is 2.68. The second kappa shape index (κ2) is 10.2. The Kier molecular flexibility index (Phi) is 7.75. The molecule has 0 aliphatic rings. The predicted molar refractivity (Wildman–Crippen MR) is 113 cm³/mol. The van der Waals surface area contributed by atoms with Crippen molar-refractivity contribution >= 4 is 22.2 Å². The number of carbonyl (C=O) groups excluding carboxylic acids is 1. The molecule has 0 aliphatic heterocycles. The topological polar surface area (TPSA) is 76.0 Å². The molecule has 7 heteroatoms. The summed E-state index contributed by atoms with van der Waals surface area (Å²) in [6, 6.07) is 14.0. The molecule has 0 N–H and O–H groups in total. The molecule has 2 aromatic carbocycles. The van der Waals surface area contributed by atoms with Crippen LogP contribution >= 0.6 is 0 Å². The molecular formula is C22H22N2O4S. The molecular weight excluding hydrogens is 388 g/mol. The SMILES string of the molecule is CC(=O)O/N=C/c1ccccc1C#CC/C=C/N(C)S(=O)(=O)c1ccc(C)cc1. The Morgan fingerprint density at radius 1 is 1.17 bits per heavy atom. The molecule has 2 rings (SSSR count). The van der Waals surface area contributed by atoms with Gasteiger partial charge in [0.25, 0.3) is 10.0 Å². The third-order valence-corrected chi connectivity index (χ3v) is 5.54. The Morgan fingerprint density at radius 3 is 2.55 bits per heavy atom. The zero-order chi connectivity index (χ0) is 21.3. The molecule has 0 amide bonds. The second-order valence-corrected chi connectivity index (χ2v) is 8.13. The van der Waals surface area contributed by atoms with Gasteiger partial charge >= 0.3 is 5.97 Å². The molecule has 0 spiro atoms. The quantitative estimate of drug-likeness (QED) is 0.316. The number of hydrogen-bond acceptors (Lipinski definition) is 5. The van der Waals surface area contributed by atoms with Crippen LogP contribution in [0.3, 0.4) is 0 Å². The number of rotatable bonds is 6. The Hall–Kier alpha value is -3.37. The van der Waals surface area contributed by atoms with Crippen molar-refractivity contribution in [2.75, 3.05) is 7.05 Å². The van der Waals surface area contributed by atoms with Gasteiger partial charge in [-0.1, -0.05) is 59.0 Å². The van der Waals surface area contributed by atoms with Gasteiger partial charge in [0.1, 0.15) is 0 Å². The van der Waals surface area contributed by atoms with Crippen molar-refractivity contribution in [1.82, 2.24) is 4.31 Å². The minimum Gasteiger partial charge on any atom is -0.319 e. The van der Waals surface area contributed by atoms with Crippen LogP contribution in [-0.4, -0.2) is 32.0 Å². The van der Waals surface area contributed by atoms with Gasteiger partial charge in [-0.05, 0) is 25.1 Å². The smallest absolute Gasteiger partial charge is 0.319 e. The lowest BCUT2D eigenvalue weighted by atomic mass is 10.1. The van der Waals surface area contributed by atoms with Gasteiger partial charge in [-0.15, -0.1) is 0 Å². The fourth-order valence-corrected chi connectivity index (χ4v) is 3.30. The van der Waals surface area contributed by atoms with Crippen molar-refractivity contribution in [3.63, 3.8) is 0 Å². The van der Waals surface area contributed by atoms with Crippen LogP contribution in [0.2, 0.25) is 0 Å². The molecule has 29 heavy (non-hydrogen) atoms. The number of oxime groups is 1. The van der Waals surface area contributed by atoms with Gasteiger partial charge in [-0.2, -0.15) is 0 Å². The fourth-order valence-electron chi connectivity index (χ4n) is 2.24. The largest absolute Gasteiger partial charge is 0.331 e. The van der Waals surface area contributed by atoms with Crippen LogP contribution in [0.25, 0.3) is 0 Å². The van der Waals surface area contributed by atoms with Gasteiger partial charge in [0.2, 0.25) is 0 Å². The van der Waals surface area contributed by atoms with Crippen molar-refractivity contribution in [3.05, 3.63) is 77.5 Å². The van der Waals surface area contributed by atoms with Crippen LogP contribution < -0.4 is 0 Å². The first-order valence-electron chi connectivity index (χ1n) is 8.81. The zero-order valence-electron chi connectivity index (χ0n) is 16.5. The van der Waals surface area contributed by atoms with Gasteiger partial charge in [-0.25, -0.2) is 13.2 Å². The maximum Gasteiger partial charge on any atom is 0.331 e. The predicted octanol–water partition coefficient (Wildman–Crippen LogP) is 3.47. The Morgan fingerprint density at radius 2 is 1.86 bits per heavy atom. The summed E-state index contributed by atoms with van der Waals surface area (Å²) >= 11 is 0. The van der Waals surface area contributed by atoms with Crippen molar-refractivity contribution in [1.29, 1.82) is 0 Å². The number of carbonyl (C=O) groups is 1. The van der Waals surface area contributed by atoms with Crippen LogP contribution in [0.1, 0.15) is 30.0 Å². The number of benzene rings is 2. The first-order valence-corrected chi connectivity index (χ1v) is 10.2. The molecule has 0 unspecified atom stereocenters. The van der Waals surface area contributed by atoms with E-state index in [0.717, 1.165) is 11.1 Å². The Labute approximate surface area is 171 Å². The highest BCUT2D eigenvalue weighted by molar-refractivity contribution is 7.89. The molecule has 150 valence electrons. The third kappa shape index (κ3) is 6.63. The molecule has 0 saturated heterocycles. The van der Waals surface area contributed by atoms with Crippen molar-refractivity contribution < 1.29 is 18.0 Å². The van der Waals surface area contributed by atoms with E-state index in [0.29, 0.717) is 12.0 Å². The van der Waals surface area contributed by atoms with E-state index in [-0.39, 0.29) is 4.90 Å². The fraction of sp³-hybridized carbons (Fsp3) is 0.182. The van der Waals surface area contributed by atoms with Crippen LogP contribution in [0.4, 0.5) is 0 Å². The average molecular weight is 410 g/mol. The molecule has 0 fully saturated rings. The number of hydrogen-bond donors (Lipinski definition) is 0. The van der Waals surface area contributed by atoms with Crippen LogP contribution in [0.15, 0.2) is 70.9 Å². The first kappa shape index (κ1) is 21.9. The third-order valence-electron chi connectivity index (χ3n) is 3.79. The molecule has 0 radical (unpaired) electrons. The van der Waals surface area contributed by atoms with Gasteiger partial charge in [0.15, 0.2) is 0 Å². The molecule has 0 heterocycles. The summed E-state index contributed by atoms with van der Waals surface area (Å²) in [5.74, 6) is 5.47. The summed E-state index contributed by atoms with van der Waals surface area (Å²) in [4.78, 5) is 15.6. The normalized spacial score (nSPS) is 11.3. The maximum atomic E-state index is 12.5. The lowest BCUT2D eigenvalue weighted by molar-refractivity contribution is -0.140. The number of allylic oxidation sites excluding steroid dienone is 1. The highest BCUT2D eigenvalue weighted by Crippen LogP contribution is 2.15. The van der Waals surface area contributed by atoms with Gasteiger partial charge in [0.05, 0.1) is 11.1 Å². The van der Waals surface area contributed by atoms with E-state index in [9.17, 15) is 13.2 Å². The summed E-state index contributed by atoms with van der Waals surface area (Å²) in [6.07, 6.45) is 4.94. The standard InChI is InChI=1S/C22H22N2O4S/c1-18-12-14-22(15-13-18)29(26,27)24(3)16-8-4-5-9-20-10-6-7-11-21(20)17-23-28-19(2)25/h6-8,10-17H,4H2,1-3H3/b16-8+,23-17+. The van der Waals surface area contributed by atoms with E-state index in [1.807, 2.05) is 25.1 Å². The summed E-state index contributed by atoms with van der Waals surface area (Å²) < 4.78 is 26.2. The zero-order valence-corrected chi connectivity index (χ0v) is 17.3. The lowest BCUT2D eigenvalue weighted by Gasteiger charge is -2.14. The molecule has 0 aliphatic carbocycles. The minimum absolute atomic E-state index is 0.238. The lowest BCUT2D eigenvalue weighted by Crippen LogP contribution is -2.21. The molecule has 0 atom stereocenters. The van der Waals surface area contributed by atoms with E-state index in [1.165, 1.54) is 30.7 Å². The summed E-state index contributed by atoms with van der Waals surface area (Å²) in [5, 5.41) is 3.60. The van der Waals surface area contributed by atoms with Gasteiger partial charge < -0.3 is 4.84 Å². The van der Waals surface area contributed by atoms with Crippen molar-refractivity contribution in [3.8, 4) is 11.8 Å². The van der Waals surface area contributed by atoms with Gasteiger partial charge in [-0.3, -0.25) is 4.31 Å². The van der Waals surface area contributed by atoms with E-state index in [1.54, 1.807) is 36.4 Å². The van der Waals surface area contributed by atoms with E-state index >= 15 is 0 Å². The molecule has 0 saturated carbocycles. The Bertz CT molecular complexity index is 1080. The van der Waals surface area contributed by atoms with Crippen molar-refractivity contribution in [2.24, 2.45) is 5.16 Å². The van der Waals surface area contributed by atoms with Crippen molar-refractivity contribution in [2.45, 2.75) is 25.2 Å². The van der Waals surface area contributed by atoms with Gasteiger partial charge in [0, 0.05) is 37.7 Å². The highest BCUT2D eigenvalue weighted by Gasteiger charge is 2.17. The summed E-state index contributed by atoms with van der Waals surface area (Å²) in [5.41, 5.74) is 2.43. The second-order valence-electron chi connectivity index (χ2n) is 6.13. The monoisotopic (exact) mass is 410 g/mol. The summed E-state index contributed by atoms with van der Waals surface area (Å²) in [6.45, 7) is 3.17. The first-order chi connectivity index (χ1) is 13.8. The number of nitrogens with zero attached hydrogens (tertiary/aromatic N) is 2. The highest BCUT2D eigenvalue weighted by atomic mass is 32.2. The van der Waals surface area contributed by atoms with Crippen LogP contribution in [0.5, 0.6) is 0 Å². The minimum atomic E-state index is -3.58. The molecule has 2 aromatic rings. The summed E-state index contributed by atoms with van der Waals surface area (Å²) in [7, 11) is -2.09.